The minimum Gasteiger partial charge on any atom is -0.377 e. The fraction of sp³-hybridized carbons (Fsp3) is 0.583. The summed E-state index contributed by atoms with van der Waals surface area (Å²) in [4.78, 5) is 6.51. The molecule has 2 heterocycles. The van der Waals surface area contributed by atoms with Crippen molar-refractivity contribution in [2.24, 2.45) is 5.73 Å². The third-order valence-electron chi connectivity index (χ3n) is 2.90. The Bertz CT molecular complexity index is 343. The Labute approximate surface area is 96.4 Å². The van der Waals surface area contributed by atoms with E-state index in [1.807, 2.05) is 12.3 Å². The maximum Gasteiger partial charge on any atom is 0.0721 e. The molecule has 4 heteroatoms. The van der Waals surface area contributed by atoms with Gasteiger partial charge in [-0.25, -0.2) is 0 Å². The Morgan fingerprint density at radius 2 is 2.50 bits per heavy atom. The molecular formula is C12H19N3O. The van der Waals surface area contributed by atoms with Gasteiger partial charge in [0.2, 0.25) is 0 Å². The fourth-order valence-electron chi connectivity index (χ4n) is 2.09. The molecule has 2 rings (SSSR count). The van der Waals surface area contributed by atoms with Gasteiger partial charge in [-0.05, 0) is 25.0 Å². The molecule has 0 spiro atoms. The van der Waals surface area contributed by atoms with Gasteiger partial charge in [-0.1, -0.05) is 0 Å². The summed E-state index contributed by atoms with van der Waals surface area (Å²) in [5.74, 6) is 0. The Morgan fingerprint density at radius 1 is 1.62 bits per heavy atom. The van der Waals surface area contributed by atoms with E-state index in [2.05, 4.69) is 16.8 Å². The normalized spacial score (nSPS) is 21.9. The summed E-state index contributed by atoms with van der Waals surface area (Å²) < 4.78 is 5.63. The number of pyridine rings is 1. The number of aromatic nitrogens is 1. The molecule has 1 atom stereocenters. The first-order chi connectivity index (χ1) is 7.81. The van der Waals surface area contributed by atoms with Crippen molar-refractivity contribution in [1.29, 1.82) is 0 Å². The largest absolute Gasteiger partial charge is 0.377 e. The molecule has 0 radical (unpaired) electrons. The molecule has 1 saturated heterocycles. The number of nitrogens with two attached hydrogens (primary N) is 1. The monoisotopic (exact) mass is 221 g/mol. The lowest BCUT2D eigenvalue weighted by molar-refractivity contribution is 0.0821. The van der Waals surface area contributed by atoms with E-state index in [1.165, 1.54) is 0 Å². The maximum absolute atomic E-state index is 5.75. The molecule has 0 saturated carbocycles. The van der Waals surface area contributed by atoms with E-state index in [-0.39, 0.29) is 6.10 Å². The predicted octanol–water partition coefficient (Wildman–Crippen LogP) is 1.16. The number of hydrogen-bond acceptors (Lipinski definition) is 4. The highest BCUT2D eigenvalue weighted by atomic mass is 16.5. The van der Waals surface area contributed by atoms with Gasteiger partial charge in [-0.2, -0.15) is 0 Å². The standard InChI is InChI=1S/C12H19N3O/c1-10-9-15(5-2-6-16-10)12-8-14-4-3-11(12)7-13/h3-4,8,10H,2,5-7,9,13H2,1H3. The summed E-state index contributed by atoms with van der Waals surface area (Å²) in [6.07, 6.45) is 5.03. The highest BCUT2D eigenvalue weighted by Gasteiger charge is 2.17. The van der Waals surface area contributed by atoms with Gasteiger partial charge in [0.15, 0.2) is 0 Å². The smallest absolute Gasteiger partial charge is 0.0721 e. The second-order valence-corrected chi connectivity index (χ2v) is 4.19. The van der Waals surface area contributed by atoms with Gasteiger partial charge < -0.3 is 15.4 Å². The number of nitrogens with zero attached hydrogens (tertiary/aromatic N) is 2. The third kappa shape index (κ3) is 2.51. The average molecular weight is 221 g/mol. The molecule has 0 bridgehead atoms. The summed E-state index contributed by atoms with van der Waals surface area (Å²) >= 11 is 0. The van der Waals surface area contributed by atoms with Crippen LogP contribution >= 0.6 is 0 Å². The molecule has 2 N–H and O–H groups in total. The van der Waals surface area contributed by atoms with Gasteiger partial charge in [-0.3, -0.25) is 4.98 Å². The van der Waals surface area contributed by atoms with E-state index in [0.29, 0.717) is 6.54 Å². The minimum atomic E-state index is 0.272. The molecule has 0 aromatic carbocycles. The number of rotatable bonds is 2. The summed E-state index contributed by atoms with van der Waals surface area (Å²) in [5, 5.41) is 0. The molecule has 1 aliphatic rings. The van der Waals surface area contributed by atoms with Crippen LogP contribution in [0.5, 0.6) is 0 Å². The zero-order chi connectivity index (χ0) is 11.4. The Balaban J connectivity index is 2.20. The lowest BCUT2D eigenvalue weighted by Gasteiger charge is -2.25. The van der Waals surface area contributed by atoms with Crippen molar-refractivity contribution >= 4 is 5.69 Å². The van der Waals surface area contributed by atoms with E-state index in [1.54, 1.807) is 6.20 Å². The number of ether oxygens (including phenoxy) is 1. The highest BCUT2D eigenvalue weighted by molar-refractivity contribution is 5.51. The average Bonchev–Trinajstić information content (AvgIpc) is 2.54. The minimum absolute atomic E-state index is 0.272. The van der Waals surface area contributed by atoms with Crippen LogP contribution in [0.25, 0.3) is 0 Å². The van der Waals surface area contributed by atoms with Crippen molar-refractivity contribution < 1.29 is 4.74 Å². The number of anilines is 1. The van der Waals surface area contributed by atoms with Crippen LogP contribution < -0.4 is 10.6 Å². The van der Waals surface area contributed by atoms with Gasteiger partial charge in [0.25, 0.3) is 0 Å². The quantitative estimate of drug-likeness (QED) is 0.814. The summed E-state index contributed by atoms with van der Waals surface area (Å²) in [6.45, 7) is 5.44. The molecule has 88 valence electrons. The highest BCUT2D eigenvalue weighted by Crippen LogP contribution is 2.21. The SMILES string of the molecule is CC1CN(c2cnccc2CN)CCCO1. The molecule has 1 aromatic heterocycles. The second-order valence-electron chi connectivity index (χ2n) is 4.19. The second kappa shape index (κ2) is 5.27. The van der Waals surface area contributed by atoms with Crippen LogP contribution in [0.15, 0.2) is 18.5 Å². The zero-order valence-corrected chi connectivity index (χ0v) is 9.72. The van der Waals surface area contributed by atoms with Crippen LogP contribution in [0.2, 0.25) is 0 Å². The van der Waals surface area contributed by atoms with Gasteiger partial charge in [0.1, 0.15) is 0 Å². The van der Waals surface area contributed by atoms with Crippen LogP contribution in [0.1, 0.15) is 18.9 Å². The third-order valence-corrected chi connectivity index (χ3v) is 2.90. The summed E-state index contributed by atoms with van der Waals surface area (Å²) in [5.41, 5.74) is 8.06. The van der Waals surface area contributed by atoms with Crippen LogP contribution in [0, 0.1) is 0 Å². The predicted molar refractivity (Wildman–Crippen MR) is 64.4 cm³/mol. The van der Waals surface area contributed by atoms with Gasteiger partial charge in [0, 0.05) is 32.4 Å². The molecule has 4 nitrogen and oxygen atoms in total. The van der Waals surface area contributed by atoms with E-state index < -0.39 is 0 Å². The van der Waals surface area contributed by atoms with Crippen LogP contribution in [-0.4, -0.2) is 30.8 Å². The van der Waals surface area contributed by atoms with Crippen molar-refractivity contribution in [2.45, 2.75) is 26.0 Å². The summed E-state index contributed by atoms with van der Waals surface area (Å²) in [6, 6.07) is 1.99. The molecule has 1 fully saturated rings. The van der Waals surface area contributed by atoms with Crippen LogP contribution in [0.3, 0.4) is 0 Å². The zero-order valence-electron chi connectivity index (χ0n) is 9.72. The van der Waals surface area contributed by atoms with E-state index >= 15 is 0 Å². The first-order valence-corrected chi connectivity index (χ1v) is 5.80. The molecule has 1 aliphatic heterocycles. The van der Waals surface area contributed by atoms with Crippen LogP contribution in [-0.2, 0) is 11.3 Å². The summed E-state index contributed by atoms with van der Waals surface area (Å²) in [7, 11) is 0. The topological polar surface area (TPSA) is 51.4 Å². The lowest BCUT2D eigenvalue weighted by Crippen LogP contribution is -2.31. The van der Waals surface area contributed by atoms with Crippen molar-refractivity contribution in [2.75, 3.05) is 24.6 Å². The molecule has 0 aliphatic carbocycles. The lowest BCUT2D eigenvalue weighted by atomic mass is 10.2. The molecule has 0 amide bonds. The molecular weight excluding hydrogens is 202 g/mol. The fourth-order valence-corrected chi connectivity index (χ4v) is 2.09. The van der Waals surface area contributed by atoms with Gasteiger partial charge in [-0.15, -0.1) is 0 Å². The van der Waals surface area contributed by atoms with Crippen molar-refractivity contribution in [1.82, 2.24) is 4.98 Å². The van der Waals surface area contributed by atoms with Gasteiger partial charge >= 0.3 is 0 Å². The Hall–Kier alpha value is -1.13. The number of hydrogen-bond donors (Lipinski definition) is 1. The van der Waals surface area contributed by atoms with Crippen molar-refractivity contribution in [3.63, 3.8) is 0 Å². The first-order valence-electron chi connectivity index (χ1n) is 5.80. The van der Waals surface area contributed by atoms with Crippen molar-refractivity contribution in [3.05, 3.63) is 24.0 Å². The van der Waals surface area contributed by atoms with E-state index in [0.717, 1.165) is 37.4 Å². The molecule has 16 heavy (non-hydrogen) atoms. The van der Waals surface area contributed by atoms with E-state index in [9.17, 15) is 0 Å². The Kier molecular flexibility index (Phi) is 3.74. The molecule has 1 aromatic rings. The van der Waals surface area contributed by atoms with Crippen molar-refractivity contribution in [3.8, 4) is 0 Å². The maximum atomic E-state index is 5.75. The Morgan fingerprint density at radius 3 is 3.31 bits per heavy atom. The van der Waals surface area contributed by atoms with E-state index in [4.69, 9.17) is 10.5 Å². The van der Waals surface area contributed by atoms with Crippen LogP contribution in [0.4, 0.5) is 5.69 Å². The first kappa shape index (κ1) is 11.4. The van der Waals surface area contributed by atoms with Gasteiger partial charge in [0.05, 0.1) is 18.0 Å². The molecule has 1 unspecified atom stereocenters.